The van der Waals surface area contributed by atoms with Crippen molar-refractivity contribution in [3.63, 3.8) is 0 Å². The maximum Gasteiger partial charge on any atom is 0.201 e. The van der Waals surface area contributed by atoms with Gasteiger partial charge in [-0.05, 0) is 50.4 Å². The van der Waals surface area contributed by atoms with Crippen LogP contribution in [0.4, 0.5) is 0 Å². The second kappa shape index (κ2) is 5.98. The van der Waals surface area contributed by atoms with Gasteiger partial charge in [-0.25, -0.2) is 9.78 Å². The van der Waals surface area contributed by atoms with Crippen molar-refractivity contribution in [3.8, 4) is 0 Å². The molecule has 4 saturated heterocycles. The van der Waals surface area contributed by atoms with E-state index >= 15 is 0 Å². The van der Waals surface area contributed by atoms with Gasteiger partial charge < -0.3 is 9.47 Å². The Morgan fingerprint density at radius 2 is 1.91 bits per heavy atom. The van der Waals surface area contributed by atoms with Gasteiger partial charge in [-0.1, -0.05) is 33.1 Å². The summed E-state index contributed by atoms with van der Waals surface area (Å²) >= 11 is 0. The molecule has 132 valence electrons. The first-order chi connectivity index (χ1) is 11.1. The van der Waals surface area contributed by atoms with E-state index < -0.39 is 5.79 Å². The van der Waals surface area contributed by atoms with Gasteiger partial charge in [-0.2, -0.15) is 0 Å². The zero-order chi connectivity index (χ0) is 16.1. The number of hydrogen-bond acceptors (Lipinski definition) is 4. The van der Waals surface area contributed by atoms with Gasteiger partial charge in [0.15, 0.2) is 11.9 Å². The lowest BCUT2D eigenvalue weighted by Crippen LogP contribution is -2.69. The van der Waals surface area contributed by atoms with Crippen LogP contribution >= 0.6 is 0 Å². The van der Waals surface area contributed by atoms with Crippen LogP contribution in [0, 0.1) is 23.7 Å². The van der Waals surface area contributed by atoms with E-state index in [9.17, 15) is 0 Å². The lowest BCUT2D eigenvalue weighted by atomic mass is 9.57. The monoisotopic (exact) mass is 324 g/mol. The Balaban J connectivity index is 1.64. The van der Waals surface area contributed by atoms with Crippen LogP contribution in [0.5, 0.6) is 0 Å². The van der Waals surface area contributed by atoms with E-state index in [1.54, 1.807) is 0 Å². The zero-order valence-electron chi connectivity index (χ0n) is 14.9. The lowest BCUT2D eigenvalue weighted by molar-refractivity contribution is -0.567. The van der Waals surface area contributed by atoms with Gasteiger partial charge in [-0.15, -0.1) is 0 Å². The minimum atomic E-state index is -0.632. The van der Waals surface area contributed by atoms with E-state index in [4.69, 9.17) is 19.2 Å². The molecule has 5 aliphatic rings. The summed E-state index contributed by atoms with van der Waals surface area (Å²) in [5.41, 5.74) is -0.372. The van der Waals surface area contributed by atoms with Gasteiger partial charge in [0.2, 0.25) is 5.79 Å². The Hall–Kier alpha value is -0.160. The molecule has 7 atom stereocenters. The third-order valence-corrected chi connectivity index (χ3v) is 6.98. The number of hydrogen-bond donors (Lipinski definition) is 0. The largest absolute Gasteiger partial charge is 0.349 e. The molecular formula is C19H32O4. The van der Waals surface area contributed by atoms with Crippen LogP contribution in [-0.4, -0.2) is 24.3 Å². The standard InChI is InChI=1S/C19H32O4/c1-4-5-6-7-14-12-20-17-19-15(13(2)8-9-16(14)19)10-11-18(3,21-17)22-23-19/h13-17H,4-12H2,1-3H3/t13-,14+,15+,16+,17-,18-,19-/m1/s1. The molecule has 0 radical (unpaired) electrons. The molecule has 0 aromatic heterocycles. The SMILES string of the molecule is CCCCC[C@H]1CO[C@@H]2O[C@@]3(C)CC[C@H]4[C@H](C)CC[C@@H]1[C@@]24OO3. The highest BCUT2D eigenvalue weighted by atomic mass is 17.3. The third-order valence-electron chi connectivity index (χ3n) is 6.98. The molecule has 1 spiro atoms. The summed E-state index contributed by atoms with van der Waals surface area (Å²) < 4.78 is 12.5. The first-order valence-electron chi connectivity index (χ1n) is 9.75. The normalized spacial score (nSPS) is 52.0. The van der Waals surface area contributed by atoms with Crippen molar-refractivity contribution in [2.24, 2.45) is 23.7 Å². The molecule has 0 aromatic rings. The molecule has 0 N–H and O–H groups in total. The maximum absolute atomic E-state index is 6.28. The van der Waals surface area contributed by atoms with Crippen molar-refractivity contribution in [2.75, 3.05) is 6.61 Å². The van der Waals surface area contributed by atoms with Crippen LogP contribution in [0.15, 0.2) is 0 Å². The second-order valence-corrected chi connectivity index (χ2v) is 8.50. The van der Waals surface area contributed by atoms with Crippen molar-refractivity contribution in [3.05, 3.63) is 0 Å². The quantitative estimate of drug-likeness (QED) is 0.566. The molecule has 4 heterocycles. The fourth-order valence-corrected chi connectivity index (χ4v) is 5.66. The molecule has 5 fully saturated rings. The molecule has 4 nitrogen and oxygen atoms in total. The van der Waals surface area contributed by atoms with Crippen LogP contribution < -0.4 is 0 Å². The van der Waals surface area contributed by atoms with E-state index in [2.05, 4.69) is 13.8 Å². The summed E-state index contributed by atoms with van der Waals surface area (Å²) in [6.45, 7) is 7.45. The second-order valence-electron chi connectivity index (χ2n) is 8.50. The van der Waals surface area contributed by atoms with Crippen LogP contribution in [0.2, 0.25) is 0 Å². The van der Waals surface area contributed by atoms with E-state index in [-0.39, 0.29) is 11.9 Å². The first-order valence-corrected chi connectivity index (χ1v) is 9.75. The van der Waals surface area contributed by atoms with Crippen LogP contribution in [0.3, 0.4) is 0 Å². The molecule has 4 heteroatoms. The number of rotatable bonds is 4. The molecular weight excluding hydrogens is 292 g/mol. The molecule has 0 unspecified atom stereocenters. The van der Waals surface area contributed by atoms with Crippen molar-refractivity contribution in [2.45, 2.75) is 89.8 Å². The van der Waals surface area contributed by atoms with E-state index in [1.165, 1.54) is 38.5 Å². The molecule has 1 saturated carbocycles. The lowest BCUT2D eigenvalue weighted by Gasteiger charge is -2.59. The Morgan fingerprint density at radius 3 is 2.74 bits per heavy atom. The molecule has 2 bridgehead atoms. The molecule has 1 aliphatic carbocycles. The summed E-state index contributed by atoms with van der Waals surface area (Å²) in [5.74, 6) is 1.61. The fraction of sp³-hybridized carbons (Fsp3) is 1.00. The highest BCUT2D eigenvalue weighted by Crippen LogP contribution is 2.60. The molecule has 4 aliphatic heterocycles. The smallest absolute Gasteiger partial charge is 0.201 e. The highest BCUT2D eigenvalue weighted by Gasteiger charge is 2.68. The topological polar surface area (TPSA) is 36.9 Å². The predicted octanol–water partition coefficient (Wildman–Crippen LogP) is 4.43. The average molecular weight is 324 g/mol. The minimum Gasteiger partial charge on any atom is -0.349 e. The predicted molar refractivity (Wildman–Crippen MR) is 86.4 cm³/mol. The van der Waals surface area contributed by atoms with E-state index in [1.807, 2.05) is 6.92 Å². The average Bonchev–Trinajstić information content (AvgIpc) is 2.77. The Labute approximate surface area is 140 Å². The summed E-state index contributed by atoms with van der Waals surface area (Å²) in [5, 5.41) is 0. The maximum atomic E-state index is 6.28. The van der Waals surface area contributed by atoms with Gasteiger partial charge in [0.05, 0.1) is 6.61 Å². The van der Waals surface area contributed by atoms with Gasteiger partial charge in [0, 0.05) is 12.3 Å². The fourth-order valence-electron chi connectivity index (χ4n) is 5.66. The van der Waals surface area contributed by atoms with Gasteiger partial charge >= 0.3 is 0 Å². The van der Waals surface area contributed by atoms with Gasteiger partial charge in [-0.3, -0.25) is 0 Å². The van der Waals surface area contributed by atoms with E-state index in [0.29, 0.717) is 23.7 Å². The number of unbranched alkanes of at least 4 members (excludes halogenated alkanes) is 2. The number of fused-ring (bicyclic) bond motifs is 2. The molecule has 0 amide bonds. The van der Waals surface area contributed by atoms with Crippen molar-refractivity contribution in [1.29, 1.82) is 0 Å². The molecule has 0 aromatic carbocycles. The summed E-state index contributed by atoms with van der Waals surface area (Å²) in [7, 11) is 0. The van der Waals surface area contributed by atoms with Gasteiger partial charge in [0.1, 0.15) is 0 Å². The highest BCUT2D eigenvalue weighted by molar-refractivity contribution is 5.08. The van der Waals surface area contributed by atoms with E-state index in [0.717, 1.165) is 19.4 Å². The van der Waals surface area contributed by atoms with Crippen molar-refractivity contribution >= 4 is 0 Å². The summed E-state index contributed by atoms with van der Waals surface area (Å²) in [6.07, 6.45) is 9.41. The van der Waals surface area contributed by atoms with Crippen molar-refractivity contribution < 1.29 is 19.2 Å². The Kier molecular flexibility index (Phi) is 4.24. The first kappa shape index (κ1) is 16.3. The van der Waals surface area contributed by atoms with Crippen LogP contribution in [-0.2, 0) is 19.2 Å². The molecule has 5 rings (SSSR count). The summed E-state index contributed by atoms with van der Waals surface area (Å²) in [6, 6.07) is 0. The Bertz CT molecular complexity index is 441. The third kappa shape index (κ3) is 2.48. The zero-order valence-corrected chi connectivity index (χ0v) is 14.9. The Morgan fingerprint density at radius 1 is 1.04 bits per heavy atom. The van der Waals surface area contributed by atoms with Crippen LogP contribution in [0.1, 0.15) is 72.1 Å². The number of ether oxygens (including phenoxy) is 2. The van der Waals surface area contributed by atoms with Crippen molar-refractivity contribution in [1.82, 2.24) is 0 Å². The van der Waals surface area contributed by atoms with Crippen LogP contribution in [0.25, 0.3) is 0 Å². The molecule has 23 heavy (non-hydrogen) atoms. The minimum absolute atomic E-state index is 0.246. The van der Waals surface area contributed by atoms with Gasteiger partial charge in [0.25, 0.3) is 0 Å². The summed E-state index contributed by atoms with van der Waals surface area (Å²) in [4.78, 5) is 12.0.